The molecule has 1 amide bonds. The van der Waals surface area contributed by atoms with E-state index in [1.165, 1.54) is 24.3 Å². The van der Waals surface area contributed by atoms with E-state index in [1.807, 2.05) is 13.8 Å². The van der Waals surface area contributed by atoms with E-state index >= 15 is 0 Å². The number of amides is 1. The predicted octanol–water partition coefficient (Wildman–Crippen LogP) is 1.79. The summed E-state index contributed by atoms with van der Waals surface area (Å²) in [6.07, 6.45) is -0.783. The molecule has 0 radical (unpaired) electrons. The first-order chi connectivity index (χ1) is 10.3. The topological polar surface area (TPSA) is 83.9 Å². The van der Waals surface area contributed by atoms with Crippen LogP contribution < -0.4 is 0 Å². The van der Waals surface area contributed by atoms with Crippen molar-refractivity contribution in [2.75, 3.05) is 6.61 Å². The Kier molecular flexibility index (Phi) is 6.65. The van der Waals surface area contributed by atoms with Crippen LogP contribution in [-0.4, -0.2) is 34.4 Å². The summed E-state index contributed by atoms with van der Waals surface area (Å²) < 4.78 is 12.9. The highest BCUT2D eigenvalue weighted by Crippen LogP contribution is 2.10. The summed E-state index contributed by atoms with van der Waals surface area (Å²) in [6, 6.07) is 5.44. The largest absolute Gasteiger partial charge is 0.475 e. The fourth-order valence-electron chi connectivity index (χ4n) is 1.50. The van der Waals surface area contributed by atoms with Crippen LogP contribution >= 0.6 is 0 Å². The smallest absolute Gasteiger partial charge is 0.372 e. The molecule has 0 bridgehead atoms. The number of carbonyl (C=O) groups is 3. The zero-order valence-electron chi connectivity index (χ0n) is 12.4. The number of benzene rings is 1. The van der Waals surface area contributed by atoms with Gasteiger partial charge in [0.15, 0.2) is 0 Å². The van der Waals surface area contributed by atoms with Gasteiger partial charge in [-0.2, -0.15) is 0 Å². The molecule has 1 aromatic carbocycles. The molecule has 1 aromatic rings. The van der Waals surface area contributed by atoms with Crippen LogP contribution in [0.25, 0.3) is 0 Å². The molecule has 0 aromatic heterocycles. The molecule has 0 saturated heterocycles. The Morgan fingerprint density at radius 3 is 2.32 bits per heavy atom. The molecule has 0 atom stereocenters. The van der Waals surface area contributed by atoms with E-state index in [2.05, 4.69) is 0 Å². The van der Waals surface area contributed by atoms with E-state index in [1.54, 1.807) is 0 Å². The third-order valence-corrected chi connectivity index (χ3v) is 2.63. The molecule has 0 aliphatic carbocycles. The van der Waals surface area contributed by atoms with E-state index in [4.69, 9.17) is 9.94 Å². The lowest BCUT2D eigenvalue weighted by atomic mass is 10.2. The second-order valence-corrected chi connectivity index (χ2v) is 5.15. The third kappa shape index (κ3) is 6.01. The number of halogens is 1. The number of hydrogen-bond donors (Lipinski definition) is 1. The van der Waals surface area contributed by atoms with Gasteiger partial charge in [0.05, 0.1) is 19.6 Å². The maximum atomic E-state index is 12.9. The maximum absolute atomic E-state index is 12.9. The van der Waals surface area contributed by atoms with Gasteiger partial charge < -0.3 is 5.11 Å². The minimum absolute atomic E-state index is 0.00126. The van der Waals surface area contributed by atoms with Crippen LogP contribution in [0.4, 0.5) is 4.39 Å². The van der Waals surface area contributed by atoms with Crippen molar-refractivity contribution >= 4 is 17.7 Å². The third-order valence-electron chi connectivity index (χ3n) is 2.63. The molecule has 0 aliphatic rings. The molecule has 120 valence electrons. The summed E-state index contributed by atoms with van der Waals surface area (Å²) in [5, 5.41) is 9.49. The Morgan fingerprint density at radius 1 is 1.23 bits per heavy atom. The first kappa shape index (κ1) is 17.8. The molecule has 0 aliphatic heterocycles. The first-order valence-electron chi connectivity index (χ1n) is 6.73. The molecule has 0 fully saturated rings. The molecule has 1 N–H and O–H groups in total. The zero-order valence-corrected chi connectivity index (χ0v) is 12.4. The number of ketones is 1. The molecular formula is C15H18FNO5. The van der Waals surface area contributed by atoms with Crippen molar-refractivity contribution in [3.05, 3.63) is 35.6 Å². The minimum atomic E-state index is -1.67. The number of carboxylic acids is 1. The van der Waals surface area contributed by atoms with Gasteiger partial charge in [-0.1, -0.05) is 26.0 Å². The lowest BCUT2D eigenvalue weighted by Crippen LogP contribution is -2.34. The number of hydroxylamine groups is 2. The highest BCUT2D eigenvalue weighted by molar-refractivity contribution is 6.36. The lowest BCUT2D eigenvalue weighted by Gasteiger charge is -2.22. The van der Waals surface area contributed by atoms with Crippen molar-refractivity contribution in [1.29, 1.82) is 0 Å². The number of carbonyl (C=O) groups excluding carboxylic acids is 2. The maximum Gasteiger partial charge on any atom is 0.372 e. The van der Waals surface area contributed by atoms with Gasteiger partial charge in [-0.15, -0.1) is 0 Å². The normalized spacial score (nSPS) is 10.5. The summed E-state index contributed by atoms with van der Waals surface area (Å²) in [4.78, 5) is 39.0. The van der Waals surface area contributed by atoms with Crippen LogP contribution in [0.1, 0.15) is 25.8 Å². The number of carboxylic acid groups (broad SMARTS) is 1. The molecule has 0 heterocycles. The van der Waals surface area contributed by atoms with Gasteiger partial charge in [0.25, 0.3) is 5.91 Å². The van der Waals surface area contributed by atoms with Gasteiger partial charge in [0.2, 0.25) is 5.78 Å². The molecule has 0 unspecified atom stereocenters. The van der Waals surface area contributed by atoms with Gasteiger partial charge in [-0.3, -0.25) is 14.4 Å². The summed E-state index contributed by atoms with van der Waals surface area (Å²) in [5.74, 6) is -3.90. The van der Waals surface area contributed by atoms with Crippen LogP contribution in [0, 0.1) is 11.7 Å². The fraction of sp³-hybridized carbons (Fsp3) is 0.400. The average Bonchev–Trinajstić information content (AvgIpc) is 2.44. The van der Waals surface area contributed by atoms with Crippen molar-refractivity contribution in [1.82, 2.24) is 5.06 Å². The van der Waals surface area contributed by atoms with Gasteiger partial charge in [-0.25, -0.2) is 14.2 Å². The highest BCUT2D eigenvalue weighted by atomic mass is 19.1. The summed E-state index contributed by atoms with van der Waals surface area (Å²) >= 11 is 0. The Morgan fingerprint density at radius 2 is 1.82 bits per heavy atom. The molecule has 22 heavy (non-hydrogen) atoms. The van der Waals surface area contributed by atoms with Crippen molar-refractivity contribution in [2.45, 2.75) is 26.8 Å². The van der Waals surface area contributed by atoms with E-state index in [9.17, 15) is 18.8 Å². The van der Waals surface area contributed by atoms with Crippen LogP contribution in [0.15, 0.2) is 24.3 Å². The van der Waals surface area contributed by atoms with Crippen molar-refractivity contribution in [2.24, 2.45) is 5.92 Å². The van der Waals surface area contributed by atoms with Gasteiger partial charge in [0, 0.05) is 0 Å². The molecule has 1 rings (SSSR count). The molecular weight excluding hydrogens is 293 g/mol. The van der Waals surface area contributed by atoms with Gasteiger partial charge in [0.1, 0.15) is 5.82 Å². The quantitative estimate of drug-likeness (QED) is 0.449. The number of hydrogen-bond acceptors (Lipinski definition) is 4. The Labute approximate surface area is 127 Å². The number of nitrogens with zero attached hydrogens (tertiary/aromatic N) is 1. The predicted molar refractivity (Wildman–Crippen MR) is 75.0 cm³/mol. The van der Waals surface area contributed by atoms with E-state index in [-0.39, 0.29) is 19.1 Å². The molecule has 7 heteroatoms. The fourth-order valence-corrected chi connectivity index (χ4v) is 1.50. The number of rotatable bonds is 8. The number of Topliss-reactive ketones (excluding diaryl/α,β-unsaturated/α-hetero) is 1. The summed E-state index contributed by atoms with van der Waals surface area (Å²) in [5.41, 5.74) is 0.598. The zero-order chi connectivity index (χ0) is 16.7. The van der Waals surface area contributed by atoms with Crippen LogP contribution in [0.2, 0.25) is 0 Å². The van der Waals surface area contributed by atoms with E-state index < -0.39 is 29.9 Å². The van der Waals surface area contributed by atoms with Gasteiger partial charge >= 0.3 is 5.97 Å². The highest BCUT2D eigenvalue weighted by Gasteiger charge is 2.22. The van der Waals surface area contributed by atoms with Gasteiger partial charge in [-0.05, 0) is 23.6 Å². The Bertz CT molecular complexity index is 541. The molecule has 0 spiro atoms. The van der Waals surface area contributed by atoms with Crippen molar-refractivity contribution in [3.63, 3.8) is 0 Å². The Balaban J connectivity index is 2.78. The summed E-state index contributed by atoms with van der Waals surface area (Å²) in [6.45, 7) is 3.98. The second kappa shape index (κ2) is 8.23. The van der Waals surface area contributed by atoms with Crippen molar-refractivity contribution in [3.8, 4) is 0 Å². The SMILES string of the molecule is CC(C)CON(Cc1ccc(F)cc1)C(=O)CC(=O)C(=O)O. The minimum Gasteiger partial charge on any atom is -0.475 e. The first-order valence-corrected chi connectivity index (χ1v) is 6.73. The van der Waals surface area contributed by atoms with Crippen LogP contribution in [0.3, 0.4) is 0 Å². The molecule has 6 nitrogen and oxygen atoms in total. The average molecular weight is 311 g/mol. The number of aliphatic carboxylic acids is 1. The van der Waals surface area contributed by atoms with Crippen LogP contribution in [0.5, 0.6) is 0 Å². The van der Waals surface area contributed by atoms with E-state index in [0.717, 1.165) is 5.06 Å². The lowest BCUT2D eigenvalue weighted by molar-refractivity contribution is -0.194. The summed E-state index contributed by atoms with van der Waals surface area (Å²) in [7, 11) is 0. The van der Waals surface area contributed by atoms with Crippen LogP contribution in [-0.2, 0) is 25.8 Å². The van der Waals surface area contributed by atoms with E-state index in [0.29, 0.717) is 5.56 Å². The van der Waals surface area contributed by atoms with Crippen molar-refractivity contribution < 1.29 is 28.7 Å². The standard InChI is InChI=1S/C15H18FNO5/c1-10(2)9-22-17(14(19)7-13(18)15(20)21)8-11-3-5-12(16)6-4-11/h3-6,10H,7-9H2,1-2H3,(H,20,21). The molecule has 0 saturated carbocycles. The monoisotopic (exact) mass is 311 g/mol. The second-order valence-electron chi connectivity index (χ2n) is 5.15. The Hall–Kier alpha value is -2.28.